The van der Waals surface area contributed by atoms with Gasteiger partial charge < -0.3 is 25.3 Å². The van der Waals surface area contributed by atoms with Crippen LogP contribution in [0.15, 0.2) is 0 Å². The standard InChI is InChI=1S/C14H31N.C4H12N.BHO3/c1-2-3-4-5-6-7-8-9-10-11-12-13-14-15;1-5(2,3)4;2-1(3)4/h2-15H2,1H3;1-4H3;2H/q;+1;-2/p+1. The van der Waals surface area contributed by atoms with Crippen molar-refractivity contribution in [3.63, 3.8) is 0 Å². The van der Waals surface area contributed by atoms with E-state index in [1.807, 2.05) is 0 Å². The van der Waals surface area contributed by atoms with Crippen LogP contribution in [0.3, 0.4) is 0 Å². The van der Waals surface area contributed by atoms with Gasteiger partial charge in [-0.3, -0.25) is 0 Å². The number of unbranched alkanes of at least 4 members (excludes halogenated alkanes) is 11. The molecule has 0 aromatic rings. The summed E-state index contributed by atoms with van der Waals surface area (Å²) >= 11 is 0. The van der Waals surface area contributed by atoms with Crippen molar-refractivity contribution in [1.29, 1.82) is 0 Å². The molecule has 0 atom stereocenters. The first-order valence-electron chi connectivity index (χ1n) is 9.63. The number of rotatable bonds is 12. The Morgan fingerprint density at radius 2 is 0.958 bits per heavy atom. The summed E-state index contributed by atoms with van der Waals surface area (Å²) in [6, 6.07) is 0. The summed E-state index contributed by atoms with van der Waals surface area (Å²) in [5.74, 6) is 0. The number of hydrogen-bond donors (Lipinski definition) is 2. The molecule has 0 aliphatic rings. The van der Waals surface area contributed by atoms with Crippen molar-refractivity contribution >= 4 is 7.32 Å². The molecule has 0 unspecified atom stereocenters. The van der Waals surface area contributed by atoms with E-state index in [0.717, 1.165) is 11.0 Å². The van der Waals surface area contributed by atoms with Crippen LogP contribution in [0.5, 0.6) is 0 Å². The Balaban J connectivity index is -0.000000183. The molecule has 0 saturated carbocycles. The summed E-state index contributed by atoms with van der Waals surface area (Å²) in [4.78, 5) is 0. The van der Waals surface area contributed by atoms with Gasteiger partial charge in [0.1, 0.15) is 0 Å². The zero-order valence-corrected chi connectivity index (χ0v) is 17.1. The third kappa shape index (κ3) is 67.6. The third-order valence-corrected chi connectivity index (χ3v) is 3.06. The van der Waals surface area contributed by atoms with Gasteiger partial charge in [-0.1, -0.05) is 77.6 Å². The highest BCUT2D eigenvalue weighted by molar-refractivity contribution is 6.26. The molecule has 0 rings (SSSR count). The van der Waals surface area contributed by atoms with Gasteiger partial charge in [-0.2, -0.15) is 0 Å². The molecule has 0 aromatic heterocycles. The average molecular weight is 348 g/mol. The molecule has 3 N–H and O–H groups in total. The van der Waals surface area contributed by atoms with Crippen LogP contribution in [0.4, 0.5) is 0 Å². The molecule has 6 heteroatoms. The topological polar surface area (TPSA) is 92.4 Å². The maximum atomic E-state index is 8.53. The van der Waals surface area contributed by atoms with Gasteiger partial charge in [0.2, 0.25) is 0 Å². The van der Waals surface area contributed by atoms with E-state index in [4.69, 9.17) is 20.8 Å². The van der Waals surface area contributed by atoms with E-state index in [2.05, 4.69) is 35.1 Å². The predicted octanol–water partition coefficient (Wildman–Crippen LogP) is 1.77. The summed E-state index contributed by atoms with van der Waals surface area (Å²) < 4.78 is 1.00. The minimum atomic E-state index is -2.67. The predicted molar refractivity (Wildman–Crippen MR) is 103 cm³/mol. The lowest BCUT2D eigenvalue weighted by atomic mass is 10.1. The van der Waals surface area contributed by atoms with Gasteiger partial charge in [-0.25, -0.2) is 0 Å². The molecule has 0 bridgehead atoms. The molecule has 0 radical (unpaired) electrons. The van der Waals surface area contributed by atoms with Gasteiger partial charge in [0.05, 0.1) is 35.5 Å². The van der Waals surface area contributed by atoms with Crippen LogP contribution in [-0.2, 0) is 0 Å². The van der Waals surface area contributed by atoms with Crippen molar-refractivity contribution in [1.82, 2.24) is 0 Å². The molecule has 0 amide bonds. The van der Waals surface area contributed by atoms with Crippen LogP contribution in [0.2, 0.25) is 0 Å². The van der Waals surface area contributed by atoms with Crippen molar-refractivity contribution in [3.05, 3.63) is 0 Å². The van der Waals surface area contributed by atoms with Crippen molar-refractivity contribution in [2.45, 2.75) is 84.0 Å². The molecule has 0 spiro atoms. The Morgan fingerprint density at radius 3 is 1.17 bits per heavy atom. The van der Waals surface area contributed by atoms with Crippen molar-refractivity contribution in [3.8, 4) is 0 Å². The minimum absolute atomic E-state index is 0. The van der Waals surface area contributed by atoms with Gasteiger partial charge in [0, 0.05) is 0 Å². The number of nitrogens with zero attached hydrogens (tertiary/aromatic N) is 1. The zero-order chi connectivity index (χ0) is 19.3. The molecule has 5 nitrogen and oxygen atoms in total. The van der Waals surface area contributed by atoms with Gasteiger partial charge in [0.15, 0.2) is 0 Å². The molecule has 0 saturated heterocycles. The average Bonchev–Trinajstić information content (AvgIpc) is 2.42. The van der Waals surface area contributed by atoms with Gasteiger partial charge in [0.25, 0.3) is 0 Å². The van der Waals surface area contributed by atoms with Crippen molar-refractivity contribution in [2.24, 2.45) is 5.73 Å². The Morgan fingerprint density at radius 1 is 0.750 bits per heavy atom. The Labute approximate surface area is 153 Å². The highest BCUT2D eigenvalue weighted by Gasteiger charge is 1.92. The summed E-state index contributed by atoms with van der Waals surface area (Å²) in [6.07, 6.45) is 16.9. The quantitative estimate of drug-likeness (QED) is 0.319. The largest absolute Gasteiger partial charge is 1.00 e. The highest BCUT2D eigenvalue weighted by Crippen LogP contribution is 2.11. The molecule has 148 valence electrons. The highest BCUT2D eigenvalue weighted by atomic mass is 16.5. The molecule has 0 fully saturated rings. The molecule has 0 aliphatic carbocycles. The van der Waals surface area contributed by atoms with E-state index >= 15 is 0 Å². The Bertz CT molecular complexity index is 198. The summed E-state index contributed by atoms with van der Waals surface area (Å²) in [7, 11) is 5.83. The summed E-state index contributed by atoms with van der Waals surface area (Å²) in [5.41, 5.74) is 5.45. The molecular formula is C18H45BN2O3. The monoisotopic (exact) mass is 348 g/mol. The first-order chi connectivity index (χ1) is 11.1. The number of quaternary nitrogens is 1. The fraction of sp³-hybridized carbons (Fsp3) is 1.00. The van der Waals surface area contributed by atoms with Gasteiger partial charge in [-0.15, -0.1) is 0 Å². The van der Waals surface area contributed by atoms with Crippen LogP contribution in [-0.4, -0.2) is 51.6 Å². The van der Waals surface area contributed by atoms with Gasteiger partial charge in [-0.05, 0) is 13.0 Å². The van der Waals surface area contributed by atoms with E-state index in [1.165, 1.54) is 77.0 Å². The summed E-state index contributed by atoms with van der Waals surface area (Å²) in [5, 5.41) is 24.0. The number of hydrogen-bond acceptors (Lipinski definition) is 4. The van der Waals surface area contributed by atoms with Crippen LogP contribution in [0.25, 0.3) is 0 Å². The minimum Gasteiger partial charge on any atom is -0.871 e. The van der Waals surface area contributed by atoms with Crippen LogP contribution in [0, 0.1) is 0 Å². The van der Waals surface area contributed by atoms with E-state index in [-0.39, 0.29) is 1.43 Å². The second-order valence-corrected chi connectivity index (χ2v) is 7.67. The molecule has 0 aromatic carbocycles. The molecule has 24 heavy (non-hydrogen) atoms. The van der Waals surface area contributed by atoms with Crippen molar-refractivity contribution in [2.75, 3.05) is 34.7 Å². The smallest absolute Gasteiger partial charge is 0.871 e. The Hall–Kier alpha value is -0.135. The maximum absolute atomic E-state index is 8.53. The van der Waals surface area contributed by atoms with Crippen LogP contribution >= 0.6 is 0 Å². The Kier molecular flexibility index (Phi) is 27.3. The lowest BCUT2D eigenvalue weighted by Gasteiger charge is -2.14. The fourth-order valence-corrected chi connectivity index (χ4v) is 1.99. The first-order valence-corrected chi connectivity index (χ1v) is 9.63. The lowest BCUT2D eigenvalue weighted by Crippen LogP contribution is -2.44. The lowest BCUT2D eigenvalue weighted by molar-refractivity contribution is -0.849. The van der Waals surface area contributed by atoms with E-state index in [1.54, 1.807) is 0 Å². The van der Waals surface area contributed by atoms with Gasteiger partial charge >= 0.3 is 1.43 Å². The molecule has 0 heterocycles. The van der Waals surface area contributed by atoms with E-state index in [0.29, 0.717) is 0 Å². The summed E-state index contributed by atoms with van der Waals surface area (Å²) in [6.45, 7) is 3.15. The second-order valence-electron chi connectivity index (χ2n) is 7.67. The van der Waals surface area contributed by atoms with Crippen LogP contribution in [0.1, 0.15) is 85.4 Å². The van der Waals surface area contributed by atoms with E-state index in [9.17, 15) is 0 Å². The maximum Gasteiger partial charge on any atom is 1.00 e. The molecule has 0 aliphatic heterocycles. The normalized spacial score (nSPS) is 10.4. The van der Waals surface area contributed by atoms with E-state index < -0.39 is 7.32 Å². The fourth-order valence-electron chi connectivity index (χ4n) is 1.99. The number of nitrogens with two attached hydrogens (primary N) is 1. The zero-order valence-electron chi connectivity index (χ0n) is 18.1. The first kappa shape index (κ1) is 28.7. The van der Waals surface area contributed by atoms with Crippen LogP contribution < -0.4 is 15.8 Å². The SMILES string of the molecule is CCCCCCCCCCCCCCN.C[N+](C)(C)C.[H+].[O-]B([O-])O. The third-order valence-electron chi connectivity index (χ3n) is 3.06. The van der Waals surface area contributed by atoms with Crippen molar-refractivity contribution < 1.29 is 21.0 Å². The molecular weight excluding hydrogens is 303 g/mol. The second kappa shape index (κ2) is 22.9.